The summed E-state index contributed by atoms with van der Waals surface area (Å²) in [6.07, 6.45) is 5.35. The molecule has 0 N–H and O–H groups in total. The maximum atomic E-state index is 2.49. The second kappa shape index (κ2) is 10.1. The molecule has 0 spiro atoms. The summed E-state index contributed by atoms with van der Waals surface area (Å²) in [4.78, 5) is 0. The van der Waals surface area contributed by atoms with Crippen LogP contribution in [0.4, 0.5) is 0 Å². The van der Waals surface area contributed by atoms with E-state index in [1.165, 1.54) is 113 Å². The Balaban J connectivity index is 1.20. The fourth-order valence-corrected chi connectivity index (χ4v) is 8.52. The van der Waals surface area contributed by atoms with Crippen molar-refractivity contribution < 1.29 is 0 Å². The van der Waals surface area contributed by atoms with E-state index in [1.807, 2.05) is 0 Å². The monoisotopic (exact) mass is 587 g/mol. The van der Waals surface area contributed by atoms with Crippen LogP contribution in [-0.4, -0.2) is 4.57 Å². The quantitative estimate of drug-likeness (QED) is 0.181. The first-order valence-corrected chi connectivity index (χ1v) is 16.7. The molecule has 0 atom stereocenters. The highest BCUT2D eigenvalue weighted by molar-refractivity contribution is 6.28. The molecule has 0 aliphatic heterocycles. The van der Waals surface area contributed by atoms with Gasteiger partial charge in [0.15, 0.2) is 0 Å². The maximum absolute atomic E-state index is 2.49. The van der Waals surface area contributed by atoms with Gasteiger partial charge >= 0.3 is 0 Å². The van der Waals surface area contributed by atoms with Gasteiger partial charge in [0.25, 0.3) is 0 Å². The van der Waals surface area contributed by atoms with Crippen LogP contribution in [0.15, 0.2) is 146 Å². The summed E-state index contributed by atoms with van der Waals surface area (Å²) >= 11 is 0. The van der Waals surface area contributed by atoms with Crippen molar-refractivity contribution in [1.82, 2.24) is 4.57 Å². The van der Waals surface area contributed by atoms with Crippen molar-refractivity contribution in [3.8, 4) is 27.9 Å². The van der Waals surface area contributed by atoms with Crippen LogP contribution < -0.4 is 0 Å². The SMILES string of the molecule is c1ccc(-c2cc(-c3ccc(-n4c5ccccc5c5ccccc54)cc3)c3ccc4cc(C5CCCC5)cc5ccc2c3c54)cc1. The van der Waals surface area contributed by atoms with E-state index in [0.717, 1.165) is 0 Å². The molecule has 10 rings (SSSR count). The van der Waals surface area contributed by atoms with E-state index in [0.29, 0.717) is 5.92 Å². The van der Waals surface area contributed by atoms with Gasteiger partial charge < -0.3 is 4.57 Å². The van der Waals surface area contributed by atoms with E-state index < -0.39 is 0 Å². The first-order valence-electron chi connectivity index (χ1n) is 16.7. The van der Waals surface area contributed by atoms with Gasteiger partial charge in [0, 0.05) is 16.5 Å². The molecule has 9 aromatic rings. The highest BCUT2D eigenvalue weighted by Gasteiger charge is 2.21. The number of aromatic nitrogens is 1. The summed E-state index contributed by atoms with van der Waals surface area (Å²) in [7, 11) is 0. The molecule has 1 heterocycles. The summed E-state index contributed by atoms with van der Waals surface area (Å²) in [6.45, 7) is 0. The Hall–Kier alpha value is -5.40. The lowest BCUT2D eigenvalue weighted by Crippen LogP contribution is -1.96. The van der Waals surface area contributed by atoms with Crippen LogP contribution in [-0.2, 0) is 0 Å². The third-order valence-electron chi connectivity index (χ3n) is 10.7. The third kappa shape index (κ3) is 3.82. The summed E-state index contributed by atoms with van der Waals surface area (Å²) in [6, 6.07) is 54.5. The van der Waals surface area contributed by atoms with Crippen molar-refractivity contribution in [1.29, 1.82) is 0 Å². The van der Waals surface area contributed by atoms with Gasteiger partial charge in [-0.2, -0.15) is 0 Å². The zero-order valence-corrected chi connectivity index (χ0v) is 25.7. The van der Waals surface area contributed by atoms with Crippen molar-refractivity contribution >= 4 is 54.1 Å². The highest BCUT2D eigenvalue weighted by atomic mass is 15.0. The minimum absolute atomic E-state index is 0.699. The molecule has 1 saturated carbocycles. The number of fused-ring (bicyclic) bond motifs is 3. The third-order valence-corrected chi connectivity index (χ3v) is 10.7. The molecule has 0 bridgehead atoms. The van der Waals surface area contributed by atoms with Crippen molar-refractivity contribution in [2.45, 2.75) is 31.6 Å². The molecule has 1 nitrogen and oxygen atoms in total. The van der Waals surface area contributed by atoms with E-state index in [4.69, 9.17) is 0 Å². The molecule has 0 unspecified atom stereocenters. The zero-order valence-electron chi connectivity index (χ0n) is 25.7. The minimum atomic E-state index is 0.699. The molecular formula is C45H33N. The van der Waals surface area contributed by atoms with Crippen LogP contribution in [0.25, 0.3) is 82.1 Å². The molecular weight excluding hydrogens is 555 g/mol. The molecule has 0 saturated heterocycles. The van der Waals surface area contributed by atoms with E-state index in [2.05, 4.69) is 150 Å². The fourth-order valence-electron chi connectivity index (χ4n) is 8.52. The normalized spacial score (nSPS) is 14.1. The Morgan fingerprint density at radius 2 is 0.978 bits per heavy atom. The summed E-state index contributed by atoms with van der Waals surface area (Å²) in [5.41, 5.74) is 10.3. The second-order valence-electron chi connectivity index (χ2n) is 13.2. The molecule has 0 amide bonds. The van der Waals surface area contributed by atoms with Crippen LogP contribution >= 0.6 is 0 Å². The zero-order chi connectivity index (χ0) is 30.2. The minimum Gasteiger partial charge on any atom is -0.309 e. The van der Waals surface area contributed by atoms with Gasteiger partial charge in [-0.25, -0.2) is 0 Å². The summed E-state index contributed by atoms with van der Waals surface area (Å²) < 4.78 is 2.40. The summed E-state index contributed by atoms with van der Waals surface area (Å²) in [5.74, 6) is 0.699. The largest absolute Gasteiger partial charge is 0.309 e. The fraction of sp³-hybridized carbons (Fsp3) is 0.111. The lowest BCUT2D eigenvalue weighted by atomic mass is 9.84. The Labute approximate surface area is 268 Å². The van der Waals surface area contributed by atoms with Crippen molar-refractivity contribution in [3.05, 3.63) is 151 Å². The van der Waals surface area contributed by atoms with Crippen LogP contribution in [0.5, 0.6) is 0 Å². The standard InChI is InChI=1S/C45H33N/c1-2-12-30(13-3-1)40-28-41(31-18-22-35(23-19-31)46-42-16-8-6-14-36(42)37-15-7-9-17-43(37)46)39-25-21-33-27-34(29-10-4-5-11-29)26-32-20-24-38(40)45(39)44(32)33/h1-3,6-9,12-29H,4-5,10-11H2. The molecule has 218 valence electrons. The van der Waals surface area contributed by atoms with Crippen LogP contribution in [0.3, 0.4) is 0 Å². The van der Waals surface area contributed by atoms with Gasteiger partial charge in [0.1, 0.15) is 0 Å². The van der Waals surface area contributed by atoms with Gasteiger partial charge in [-0.1, -0.05) is 128 Å². The molecule has 1 aromatic heterocycles. The van der Waals surface area contributed by atoms with Gasteiger partial charge in [0.2, 0.25) is 0 Å². The maximum Gasteiger partial charge on any atom is 0.0541 e. The van der Waals surface area contributed by atoms with Crippen molar-refractivity contribution in [3.63, 3.8) is 0 Å². The topological polar surface area (TPSA) is 4.93 Å². The van der Waals surface area contributed by atoms with E-state index in [1.54, 1.807) is 0 Å². The van der Waals surface area contributed by atoms with Crippen molar-refractivity contribution in [2.75, 3.05) is 0 Å². The first kappa shape index (κ1) is 25.9. The predicted molar refractivity (Wildman–Crippen MR) is 197 cm³/mol. The van der Waals surface area contributed by atoms with Crippen LogP contribution in [0.2, 0.25) is 0 Å². The number of para-hydroxylation sites is 2. The van der Waals surface area contributed by atoms with Gasteiger partial charge in [-0.05, 0) is 109 Å². The molecule has 1 aliphatic rings. The Kier molecular flexibility index (Phi) is 5.66. The Bertz CT molecular complexity index is 2490. The first-order chi connectivity index (χ1) is 22.8. The smallest absolute Gasteiger partial charge is 0.0541 e. The molecule has 1 fully saturated rings. The van der Waals surface area contributed by atoms with Gasteiger partial charge in [-0.3, -0.25) is 0 Å². The molecule has 1 aliphatic carbocycles. The van der Waals surface area contributed by atoms with Crippen molar-refractivity contribution in [2.24, 2.45) is 0 Å². The Morgan fingerprint density at radius 1 is 0.435 bits per heavy atom. The Morgan fingerprint density at radius 3 is 1.59 bits per heavy atom. The number of benzene rings is 8. The second-order valence-corrected chi connectivity index (χ2v) is 13.2. The summed E-state index contributed by atoms with van der Waals surface area (Å²) in [5, 5.41) is 10.8. The lowest BCUT2D eigenvalue weighted by molar-refractivity contribution is 0.725. The lowest BCUT2D eigenvalue weighted by Gasteiger charge is -2.20. The van der Waals surface area contributed by atoms with E-state index in [9.17, 15) is 0 Å². The van der Waals surface area contributed by atoms with E-state index in [-0.39, 0.29) is 0 Å². The average molecular weight is 588 g/mol. The molecule has 8 aromatic carbocycles. The number of hydrogen-bond donors (Lipinski definition) is 0. The predicted octanol–water partition coefficient (Wildman–Crippen LogP) is 12.7. The highest BCUT2D eigenvalue weighted by Crippen LogP contribution is 2.46. The van der Waals surface area contributed by atoms with Gasteiger partial charge in [-0.15, -0.1) is 0 Å². The number of nitrogens with zero attached hydrogens (tertiary/aromatic N) is 1. The molecule has 1 heteroatoms. The number of rotatable bonds is 4. The molecule has 0 radical (unpaired) electrons. The van der Waals surface area contributed by atoms with Crippen LogP contribution in [0.1, 0.15) is 37.2 Å². The van der Waals surface area contributed by atoms with Crippen LogP contribution in [0, 0.1) is 0 Å². The average Bonchev–Trinajstić information content (AvgIpc) is 3.78. The van der Waals surface area contributed by atoms with E-state index >= 15 is 0 Å². The number of hydrogen-bond acceptors (Lipinski definition) is 0. The van der Waals surface area contributed by atoms with Gasteiger partial charge in [0.05, 0.1) is 11.0 Å². The molecule has 46 heavy (non-hydrogen) atoms.